The van der Waals surface area contributed by atoms with Gasteiger partial charge in [0.1, 0.15) is 0 Å². The van der Waals surface area contributed by atoms with Gasteiger partial charge in [0, 0.05) is 19.0 Å². The highest BCUT2D eigenvalue weighted by molar-refractivity contribution is 5.76. The molecule has 1 aliphatic heterocycles. The third-order valence-electron chi connectivity index (χ3n) is 2.72. The third-order valence-corrected chi connectivity index (χ3v) is 2.72. The van der Waals surface area contributed by atoms with Gasteiger partial charge >= 0.3 is 0 Å². The second-order valence-corrected chi connectivity index (χ2v) is 3.50. The van der Waals surface area contributed by atoms with E-state index < -0.39 is 0 Å². The van der Waals surface area contributed by atoms with Gasteiger partial charge in [-0.1, -0.05) is 13.8 Å². The van der Waals surface area contributed by atoms with Crippen molar-refractivity contribution in [2.24, 2.45) is 0 Å². The summed E-state index contributed by atoms with van der Waals surface area (Å²) in [6.07, 6.45) is 5.48. The van der Waals surface area contributed by atoms with Gasteiger partial charge in [-0.2, -0.15) is 0 Å². The van der Waals surface area contributed by atoms with Gasteiger partial charge in [0.05, 0.1) is 0 Å². The first kappa shape index (κ1) is 9.56. The second-order valence-electron chi connectivity index (χ2n) is 3.50. The van der Waals surface area contributed by atoms with Crippen molar-refractivity contribution in [3.05, 3.63) is 0 Å². The van der Waals surface area contributed by atoms with Gasteiger partial charge in [0.25, 0.3) is 0 Å². The van der Waals surface area contributed by atoms with Crippen LogP contribution >= 0.6 is 0 Å². The SMILES string of the molecule is CCC(=O)N1CCCCC1CC. The van der Waals surface area contributed by atoms with Crippen LogP contribution in [0.3, 0.4) is 0 Å². The zero-order chi connectivity index (χ0) is 8.97. The number of nitrogens with zero attached hydrogens (tertiary/aromatic N) is 1. The van der Waals surface area contributed by atoms with E-state index in [4.69, 9.17) is 0 Å². The van der Waals surface area contributed by atoms with Gasteiger partial charge in [-0.25, -0.2) is 0 Å². The summed E-state index contributed by atoms with van der Waals surface area (Å²) in [5.41, 5.74) is 0. The number of piperidine rings is 1. The van der Waals surface area contributed by atoms with Crippen LogP contribution < -0.4 is 0 Å². The predicted molar refractivity (Wildman–Crippen MR) is 49.9 cm³/mol. The zero-order valence-electron chi connectivity index (χ0n) is 8.18. The number of carbonyl (C=O) groups excluding carboxylic acids is 1. The summed E-state index contributed by atoms with van der Waals surface area (Å²) in [5.74, 6) is 0.335. The molecule has 0 radical (unpaired) electrons. The van der Waals surface area contributed by atoms with Gasteiger partial charge in [0.2, 0.25) is 5.91 Å². The lowest BCUT2D eigenvalue weighted by Crippen LogP contribution is -2.42. The molecule has 1 unspecified atom stereocenters. The van der Waals surface area contributed by atoms with Gasteiger partial charge in [-0.15, -0.1) is 0 Å². The molecule has 1 amide bonds. The van der Waals surface area contributed by atoms with Crippen molar-refractivity contribution in [1.82, 2.24) is 4.90 Å². The first-order valence-corrected chi connectivity index (χ1v) is 5.09. The van der Waals surface area contributed by atoms with Crippen LogP contribution in [0.2, 0.25) is 0 Å². The van der Waals surface area contributed by atoms with E-state index in [1.807, 2.05) is 6.92 Å². The fourth-order valence-corrected chi connectivity index (χ4v) is 1.96. The summed E-state index contributed by atoms with van der Waals surface area (Å²) < 4.78 is 0. The molecule has 0 aliphatic carbocycles. The van der Waals surface area contributed by atoms with Crippen LogP contribution in [-0.2, 0) is 4.79 Å². The van der Waals surface area contributed by atoms with Crippen LogP contribution in [0.15, 0.2) is 0 Å². The quantitative estimate of drug-likeness (QED) is 0.620. The Morgan fingerprint density at radius 2 is 2.17 bits per heavy atom. The number of likely N-dealkylation sites (tertiary alicyclic amines) is 1. The number of hydrogen-bond acceptors (Lipinski definition) is 1. The van der Waals surface area contributed by atoms with E-state index in [0.29, 0.717) is 18.4 Å². The Morgan fingerprint density at radius 3 is 2.75 bits per heavy atom. The molecule has 0 bridgehead atoms. The highest BCUT2D eigenvalue weighted by Crippen LogP contribution is 2.19. The first-order chi connectivity index (χ1) is 5.79. The van der Waals surface area contributed by atoms with Crippen molar-refractivity contribution in [3.8, 4) is 0 Å². The van der Waals surface area contributed by atoms with Gasteiger partial charge < -0.3 is 4.90 Å². The minimum atomic E-state index is 0.335. The average Bonchev–Trinajstić information content (AvgIpc) is 2.16. The molecule has 0 aromatic rings. The van der Waals surface area contributed by atoms with Crippen molar-refractivity contribution in [1.29, 1.82) is 0 Å². The lowest BCUT2D eigenvalue weighted by molar-refractivity contribution is -0.134. The number of amides is 1. The molecule has 1 aliphatic rings. The largest absolute Gasteiger partial charge is 0.340 e. The number of carbonyl (C=O) groups is 1. The Hall–Kier alpha value is -0.530. The summed E-state index contributed by atoms with van der Waals surface area (Å²) in [4.78, 5) is 13.5. The summed E-state index contributed by atoms with van der Waals surface area (Å²) >= 11 is 0. The first-order valence-electron chi connectivity index (χ1n) is 5.09. The normalized spacial score (nSPS) is 24.2. The van der Waals surface area contributed by atoms with E-state index in [1.54, 1.807) is 0 Å². The van der Waals surface area contributed by atoms with Crippen LogP contribution in [0.4, 0.5) is 0 Å². The molecule has 0 spiro atoms. The number of rotatable bonds is 2. The Balaban J connectivity index is 2.52. The Labute approximate surface area is 74.9 Å². The second kappa shape index (κ2) is 4.48. The molecular weight excluding hydrogens is 150 g/mol. The summed E-state index contributed by atoms with van der Waals surface area (Å²) in [6.45, 7) is 5.11. The molecule has 2 nitrogen and oxygen atoms in total. The van der Waals surface area contributed by atoms with Crippen molar-refractivity contribution in [2.75, 3.05) is 6.54 Å². The van der Waals surface area contributed by atoms with Crippen molar-refractivity contribution < 1.29 is 4.79 Å². The molecule has 1 atom stereocenters. The van der Waals surface area contributed by atoms with Crippen LogP contribution in [0.1, 0.15) is 46.0 Å². The van der Waals surface area contributed by atoms with E-state index in [1.165, 1.54) is 19.3 Å². The Morgan fingerprint density at radius 1 is 1.42 bits per heavy atom. The maximum absolute atomic E-state index is 11.5. The van der Waals surface area contributed by atoms with E-state index >= 15 is 0 Å². The molecule has 0 aromatic carbocycles. The molecule has 1 rings (SSSR count). The fourth-order valence-electron chi connectivity index (χ4n) is 1.96. The molecule has 0 saturated carbocycles. The molecule has 0 N–H and O–H groups in total. The van der Waals surface area contributed by atoms with Crippen LogP contribution in [0.5, 0.6) is 0 Å². The third kappa shape index (κ3) is 1.99. The molecule has 0 aromatic heterocycles. The van der Waals surface area contributed by atoms with Crippen LogP contribution in [-0.4, -0.2) is 23.4 Å². The maximum Gasteiger partial charge on any atom is 0.222 e. The lowest BCUT2D eigenvalue weighted by atomic mass is 10.00. The standard InChI is InChI=1S/C10H19NO/c1-3-9-7-5-6-8-11(9)10(12)4-2/h9H,3-8H2,1-2H3. The van der Waals surface area contributed by atoms with Crippen LogP contribution in [0.25, 0.3) is 0 Å². The van der Waals surface area contributed by atoms with Crippen molar-refractivity contribution in [3.63, 3.8) is 0 Å². The average molecular weight is 169 g/mol. The van der Waals surface area contributed by atoms with Gasteiger partial charge in [-0.3, -0.25) is 4.79 Å². The molecule has 12 heavy (non-hydrogen) atoms. The molecule has 70 valence electrons. The summed E-state index contributed by atoms with van der Waals surface area (Å²) in [7, 11) is 0. The maximum atomic E-state index is 11.5. The minimum absolute atomic E-state index is 0.335. The molecular formula is C10H19NO. The summed E-state index contributed by atoms with van der Waals surface area (Å²) in [6, 6.07) is 0.534. The molecule has 1 saturated heterocycles. The van der Waals surface area contributed by atoms with E-state index in [-0.39, 0.29) is 0 Å². The van der Waals surface area contributed by atoms with Gasteiger partial charge in [-0.05, 0) is 25.7 Å². The van der Waals surface area contributed by atoms with Gasteiger partial charge in [0.15, 0.2) is 0 Å². The lowest BCUT2D eigenvalue weighted by Gasteiger charge is -2.35. The Kier molecular flexibility index (Phi) is 3.57. The number of hydrogen-bond donors (Lipinski definition) is 0. The smallest absolute Gasteiger partial charge is 0.222 e. The predicted octanol–water partition coefficient (Wildman–Crippen LogP) is 2.19. The van der Waals surface area contributed by atoms with Crippen LogP contribution in [0, 0.1) is 0 Å². The highest BCUT2D eigenvalue weighted by Gasteiger charge is 2.23. The van der Waals surface area contributed by atoms with E-state index in [9.17, 15) is 4.79 Å². The molecule has 2 heteroatoms. The fraction of sp³-hybridized carbons (Fsp3) is 0.900. The highest BCUT2D eigenvalue weighted by atomic mass is 16.2. The molecule has 1 fully saturated rings. The summed E-state index contributed by atoms with van der Waals surface area (Å²) in [5, 5.41) is 0. The zero-order valence-corrected chi connectivity index (χ0v) is 8.18. The monoisotopic (exact) mass is 169 g/mol. The van der Waals surface area contributed by atoms with E-state index in [2.05, 4.69) is 11.8 Å². The van der Waals surface area contributed by atoms with Crippen molar-refractivity contribution >= 4 is 5.91 Å². The topological polar surface area (TPSA) is 20.3 Å². The minimum Gasteiger partial charge on any atom is -0.340 e. The Bertz CT molecular complexity index is 156. The molecule has 1 heterocycles. The van der Waals surface area contributed by atoms with Crippen molar-refractivity contribution in [2.45, 2.75) is 52.0 Å². The van der Waals surface area contributed by atoms with E-state index in [0.717, 1.165) is 13.0 Å².